The van der Waals surface area contributed by atoms with Crippen molar-refractivity contribution < 1.29 is 50.9 Å². The van der Waals surface area contributed by atoms with E-state index in [2.05, 4.69) is 15.4 Å². The van der Waals surface area contributed by atoms with Crippen LogP contribution in [0.2, 0.25) is 0 Å². The minimum atomic E-state index is -4.97. The van der Waals surface area contributed by atoms with Gasteiger partial charge in [0.2, 0.25) is 11.8 Å². The first-order valence-electron chi connectivity index (χ1n) is 14.6. The molecule has 0 aromatic carbocycles. The smallest absolute Gasteiger partial charge is 0.417 e. The average Bonchev–Trinajstić information content (AvgIpc) is 3.45. The van der Waals surface area contributed by atoms with Crippen molar-refractivity contribution in [3.05, 3.63) is 29.7 Å². The fourth-order valence-electron chi connectivity index (χ4n) is 5.57. The van der Waals surface area contributed by atoms with E-state index in [1.165, 1.54) is 37.5 Å². The Balaban J connectivity index is 1.62. The number of fused-ring (bicyclic) bond motifs is 1. The monoisotopic (exact) mass is 647 g/mol. The molecule has 4 rings (SSSR count). The van der Waals surface area contributed by atoms with E-state index in [-0.39, 0.29) is 47.5 Å². The summed E-state index contributed by atoms with van der Waals surface area (Å²) in [6.45, 7) is 9.33. The lowest BCUT2D eigenvalue weighted by atomic mass is 9.81. The third kappa shape index (κ3) is 8.19. The first-order chi connectivity index (χ1) is 20.5. The summed E-state index contributed by atoms with van der Waals surface area (Å²) in [4.78, 5) is 42.9. The Morgan fingerprint density at radius 1 is 1.07 bits per heavy atom. The molecule has 1 saturated carbocycles. The summed E-state index contributed by atoms with van der Waals surface area (Å²) in [5.74, 6) is -6.13. The number of aliphatic hydroxyl groups is 1. The number of carbonyl (C=O) groups excluding carboxylic acids is 3. The maximum Gasteiger partial charge on any atom is 0.417 e. The molecule has 2 aromatic heterocycles. The molecule has 1 aliphatic heterocycles. The van der Waals surface area contributed by atoms with Gasteiger partial charge in [-0.05, 0) is 72.8 Å². The van der Waals surface area contributed by atoms with Gasteiger partial charge in [0.15, 0.2) is 5.65 Å². The second kappa shape index (κ2) is 12.0. The summed E-state index contributed by atoms with van der Waals surface area (Å²) in [7, 11) is 0. The van der Waals surface area contributed by atoms with Gasteiger partial charge in [-0.2, -0.15) is 18.3 Å². The highest BCUT2D eigenvalue weighted by molar-refractivity contribution is 5.96. The molecule has 45 heavy (non-hydrogen) atoms. The van der Waals surface area contributed by atoms with Crippen LogP contribution in [0.15, 0.2) is 18.5 Å². The Hall–Kier alpha value is -3.56. The number of alkyl halides is 5. The molecule has 2 N–H and O–H groups in total. The van der Waals surface area contributed by atoms with Crippen molar-refractivity contribution in [1.29, 1.82) is 0 Å². The Morgan fingerprint density at radius 2 is 1.67 bits per heavy atom. The van der Waals surface area contributed by atoms with E-state index >= 15 is 0 Å². The highest BCUT2D eigenvalue weighted by Gasteiger charge is 2.58. The van der Waals surface area contributed by atoms with Crippen LogP contribution in [0.1, 0.15) is 97.0 Å². The third-order valence-electron chi connectivity index (χ3n) is 7.62. The van der Waals surface area contributed by atoms with Gasteiger partial charge in [-0.3, -0.25) is 4.79 Å². The molecule has 3 heterocycles. The van der Waals surface area contributed by atoms with Gasteiger partial charge in [0.05, 0.1) is 36.2 Å². The summed E-state index contributed by atoms with van der Waals surface area (Å²) < 4.78 is 81.2. The number of nitrogens with zero attached hydrogens (tertiary/aromatic N) is 4. The van der Waals surface area contributed by atoms with Gasteiger partial charge in [-0.1, -0.05) is 0 Å². The Labute approximate surface area is 256 Å². The predicted octanol–water partition coefficient (Wildman–Crippen LogP) is 5.87. The molecule has 2 aliphatic rings. The topological polar surface area (TPSA) is 135 Å². The second-order valence-electron chi connectivity index (χ2n) is 13.6. The summed E-state index contributed by atoms with van der Waals surface area (Å²) in [5, 5.41) is 18.0. The molecule has 2 aromatic rings. The lowest BCUT2D eigenvalue weighted by Gasteiger charge is -2.33. The summed E-state index contributed by atoms with van der Waals surface area (Å²) in [5.41, 5.74) is -1.67. The minimum absolute atomic E-state index is 0.000643. The minimum Gasteiger partial charge on any atom is -0.444 e. The largest absolute Gasteiger partial charge is 0.444 e. The van der Waals surface area contributed by atoms with Crippen LogP contribution >= 0.6 is 0 Å². The number of imidazole rings is 1. The summed E-state index contributed by atoms with van der Waals surface area (Å²) in [6.07, 6.45) is -7.86. The molecule has 11 nitrogen and oxygen atoms in total. The van der Waals surface area contributed by atoms with E-state index in [9.17, 15) is 41.4 Å². The number of nitrogens with one attached hydrogen (secondary N) is 1. The van der Waals surface area contributed by atoms with Crippen LogP contribution in [-0.2, 0) is 14.3 Å². The van der Waals surface area contributed by atoms with Crippen molar-refractivity contribution in [1.82, 2.24) is 24.8 Å². The van der Waals surface area contributed by atoms with Crippen LogP contribution in [0.3, 0.4) is 0 Å². The van der Waals surface area contributed by atoms with Gasteiger partial charge in [-0.15, -0.1) is 0 Å². The molecule has 0 bridgehead atoms. The van der Waals surface area contributed by atoms with E-state index in [1.807, 2.05) is 0 Å². The van der Waals surface area contributed by atoms with Crippen LogP contribution < -0.4 is 5.32 Å². The zero-order chi connectivity index (χ0) is 33.7. The molecule has 0 radical (unpaired) electrons. The second-order valence-corrected chi connectivity index (χ2v) is 13.6. The molecular weight excluding hydrogens is 609 g/mol. The Morgan fingerprint density at radius 3 is 2.22 bits per heavy atom. The van der Waals surface area contributed by atoms with Gasteiger partial charge in [-0.25, -0.2) is 32.8 Å². The number of likely N-dealkylation sites (tertiary alicyclic amines) is 1. The Bertz CT molecular complexity index is 1420. The number of hydrogen-bond donors (Lipinski definition) is 2. The molecule has 3 amide bonds. The van der Waals surface area contributed by atoms with Crippen molar-refractivity contribution in [3.63, 3.8) is 0 Å². The molecule has 1 aliphatic carbocycles. The van der Waals surface area contributed by atoms with E-state index in [4.69, 9.17) is 9.47 Å². The number of imide groups is 1. The van der Waals surface area contributed by atoms with Gasteiger partial charge >= 0.3 is 18.4 Å². The molecule has 250 valence electrons. The molecule has 1 saturated heterocycles. The van der Waals surface area contributed by atoms with Crippen molar-refractivity contribution in [2.24, 2.45) is 11.8 Å². The first-order valence-corrected chi connectivity index (χ1v) is 14.6. The van der Waals surface area contributed by atoms with Crippen LogP contribution in [0.25, 0.3) is 5.65 Å². The third-order valence-corrected chi connectivity index (χ3v) is 7.62. The highest BCUT2D eigenvalue weighted by atomic mass is 19.4. The van der Waals surface area contributed by atoms with Crippen LogP contribution in [0.4, 0.5) is 31.5 Å². The number of carbonyl (C=O) groups is 3. The van der Waals surface area contributed by atoms with Crippen molar-refractivity contribution >= 4 is 23.7 Å². The lowest BCUT2D eigenvalue weighted by molar-refractivity contribution is -0.177. The number of hydrogen-bond acceptors (Lipinski definition) is 8. The zero-order valence-corrected chi connectivity index (χ0v) is 25.8. The first kappa shape index (κ1) is 34.3. The normalized spacial score (nSPS) is 22.8. The van der Waals surface area contributed by atoms with Gasteiger partial charge in [0, 0.05) is 18.4 Å². The van der Waals surface area contributed by atoms with Gasteiger partial charge < -0.3 is 19.9 Å². The number of alkyl carbamates (subject to hydrolysis) is 1. The van der Waals surface area contributed by atoms with Gasteiger partial charge in [0.1, 0.15) is 17.2 Å². The van der Waals surface area contributed by atoms with E-state index in [0.717, 1.165) is 6.20 Å². The molecule has 2 fully saturated rings. The maximum absolute atomic E-state index is 13.9. The average molecular weight is 648 g/mol. The number of amides is 3. The number of aromatic nitrogens is 3. The van der Waals surface area contributed by atoms with Crippen molar-refractivity contribution in [3.8, 4) is 0 Å². The molecule has 0 spiro atoms. The SMILES string of the molecule is CC(C)(C)OC(=O)N[C@H](c1cn2ncc([C@@H](O)[C@H]3C[C@H](C(F)(F)F)N(C(=O)OC(C)(C)C)C3=O)cc2n1)C1CCC(F)(F)CC1. The quantitative estimate of drug-likeness (QED) is 0.385. The van der Waals surface area contributed by atoms with Crippen molar-refractivity contribution in [2.75, 3.05) is 0 Å². The van der Waals surface area contributed by atoms with E-state index in [1.54, 1.807) is 20.8 Å². The fourth-order valence-corrected chi connectivity index (χ4v) is 5.57. The van der Waals surface area contributed by atoms with E-state index in [0.29, 0.717) is 0 Å². The summed E-state index contributed by atoms with van der Waals surface area (Å²) >= 11 is 0. The highest BCUT2D eigenvalue weighted by Crippen LogP contribution is 2.43. The predicted molar refractivity (Wildman–Crippen MR) is 148 cm³/mol. The fraction of sp³-hybridized carbons (Fsp3) is 0.690. The number of halogens is 5. The number of rotatable bonds is 5. The number of ether oxygens (including phenoxy) is 2. The molecule has 4 atom stereocenters. The van der Waals surface area contributed by atoms with Crippen LogP contribution in [0, 0.1) is 11.8 Å². The van der Waals surface area contributed by atoms with E-state index < -0.39 is 77.8 Å². The van der Waals surface area contributed by atoms with Crippen LogP contribution in [0.5, 0.6) is 0 Å². The van der Waals surface area contributed by atoms with Crippen LogP contribution in [-0.4, -0.2) is 72.0 Å². The lowest BCUT2D eigenvalue weighted by Crippen LogP contribution is -2.48. The molecular formula is C29H38F5N5O6. The summed E-state index contributed by atoms with van der Waals surface area (Å²) in [6, 6.07) is -2.03. The maximum atomic E-state index is 13.9. The standard InChI is InChI=1S/C29H38F5N5O6/c1-26(2,3)44-24(42)37-21(15-7-9-28(30,31)10-8-15)18-14-38-20(36-18)11-16(13-35-38)22(40)17-12-19(29(32,33)34)39(23(17)41)25(43)45-27(4,5)6/h11,13-15,17,19,21-22,40H,7-10,12H2,1-6H3,(H,37,42)/t17-,19-,21+,22-/m1/s1. The zero-order valence-electron chi connectivity index (χ0n) is 25.8. The van der Waals surface area contributed by atoms with Gasteiger partial charge in [0.25, 0.3) is 0 Å². The molecule has 0 unspecified atom stereocenters. The number of aliphatic hydroxyl groups excluding tert-OH is 1. The molecule has 16 heteroatoms. The van der Waals surface area contributed by atoms with Crippen molar-refractivity contribution in [2.45, 2.75) is 115 Å². The Kier molecular flexibility index (Phi) is 9.14.